The highest BCUT2D eigenvalue weighted by molar-refractivity contribution is 7.80. The topological polar surface area (TPSA) is 159 Å². The van der Waals surface area contributed by atoms with Gasteiger partial charge in [-0.3, -0.25) is 14.4 Å². The minimum atomic E-state index is -1.20. The standard InChI is InChI=1S/C14H25N3O6S/c1-3-7(2)11(14(22)23)17-13(21)9(4-5-10(18)19)16-12(20)8(15)6-24/h7-9,11,24H,3-6,15H2,1-2H3,(H,16,20)(H,17,21)(H,18,19)(H,22,23)/t7-,8-,9-,11-/m0/s1. The van der Waals surface area contributed by atoms with E-state index in [1.807, 2.05) is 0 Å². The molecule has 2 amide bonds. The fraction of sp³-hybridized carbons (Fsp3) is 0.714. The maximum absolute atomic E-state index is 12.3. The molecule has 0 aromatic heterocycles. The number of rotatable bonds is 11. The van der Waals surface area contributed by atoms with Crippen LogP contribution in [0.15, 0.2) is 0 Å². The Labute approximate surface area is 145 Å². The van der Waals surface area contributed by atoms with Crippen molar-refractivity contribution < 1.29 is 29.4 Å². The molecule has 0 aromatic carbocycles. The van der Waals surface area contributed by atoms with Gasteiger partial charge in [-0.15, -0.1) is 0 Å². The van der Waals surface area contributed by atoms with Gasteiger partial charge in [0, 0.05) is 12.2 Å². The van der Waals surface area contributed by atoms with Gasteiger partial charge in [0.15, 0.2) is 0 Å². The molecule has 4 atom stereocenters. The van der Waals surface area contributed by atoms with Gasteiger partial charge >= 0.3 is 11.9 Å². The quantitative estimate of drug-likeness (QED) is 0.262. The van der Waals surface area contributed by atoms with Crippen LogP contribution in [-0.2, 0) is 19.2 Å². The molecule has 0 saturated carbocycles. The number of thiol groups is 1. The highest BCUT2D eigenvalue weighted by Crippen LogP contribution is 2.09. The average molecular weight is 363 g/mol. The summed E-state index contributed by atoms with van der Waals surface area (Å²) in [4.78, 5) is 46.1. The molecule has 10 heteroatoms. The third-order valence-corrected chi connectivity index (χ3v) is 3.98. The van der Waals surface area contributed by atoms with Crippen molar-refractivity contribution in [1.82, 2.24) is 10.6 Å². The molecule has 0 aliphatic rings. The molecule has 24 heavy (non-hydrogen) atoms. The van der Waals surface area contributed by atoms with Crippen molar-refractivity contribution in [2.45, 2.75) is 51.2 Å². The molecule has 0 heterocycles. The zero-order chi connectivity index (χ0) is 18.9. The summed E-state index contributed by atoms with van der Waals surface area (Å²) in [6.45, 7) is 3.45. The van der Waals surface area contributed by atoms with Gasteiger partial charge < -0.3 is 26.6 Å². The molecule has 0 rings (SSSR count). The van der Waals surface area contributed by atoms with Gasteiger partial charge in [0.25, 0.3) is 0 Å². The Balaban J connectivity index is 5.09. The zero-order valence-corrected chi connectivity index (χ0v) is 14.6. The second-order valence-electron chi connectivity index (χ2n) is 5.49. The Bertz CT molecular complexity index is 473. The van der Waals surface area contributed by atoms with Crippen molar-refractivity contribution >= 4 is 36.4 Å². The van der Waals surface area contributed by atoms with Crippen LogP contribution in [0.1, 0.15) is 33.1 Å². The lowest BCUT2D eigenvalue weighted by atomic mass is 9.98. The van der Waals surface area contributed by atoms with Crippen LogP contribution in [0, 0.1) is 5.92 Å². The summed E-state index contributed by atoms with van der Waals surface area (Å²) in [6, 6.07) is -3.28. The Hall–Kier alpha value is -1.81. The Morgan fingerprint density at radius 1 is 1.12 bits per heavy atom. The van der Waals surface area contributed by atoms with Crippen molar-refractivity contribution in [3.63, 3.8) is 0 Å². The molecule has 6 N–H and O–H groups in total. The molecule has 0 saturated heterocycles. The molecule has 0 aromatic rings. The minimum Gasteiger partial charge on any atom is -0.481 e. The van der Waals surface area contributed by atoms with Crippen LogP contribution in [0.4, 0.5) is 0 Å². The first kappa shape index (κ1) is 22.2. The van der Waals surface area contributed by atoms with Gasteiger partial charge in [0.2, 0.25) is 11.8 Å². The smallest absolute Gasteiger partial charge is 0.326 e. The van der Waals surface area contributed by atoms with Crippen LogP contribution >= 0.6 is 12.6 Å². The van der Waals surface area contributed by atoms with Crippen LogP contribution in [0.3, 0.4) is 0 Å². The van der Waals surface area contributed by atoms with E-state index >= 15 is 0 Å². The number of carboxylic acid groups (broad SMARTS) is 2. The van der Waals surface area contributed by atoms with E-state index in [1.54, 1.807) is 13.8 Å². The van der Waals surface area contributed by atoms with Gasteiger partial charge in [-0.2, -0.15) is 12.6 Å². The summed E-state index contributed by atoms with van der Waals surface area (Å²) in [7, 11) is 0. The van der Waals surface area contributed by atoms with Crippen LogP contribution in [0.2, 0.25) is 0 Å². The summed E-state index contributed by atoms with van der Waals surface area (Å²) in [5.41, 5.74) is 5.51. The van der Waals surface area contributed by atoms with Crippen LogP contribution in [0.5, 0.6) is 0 Å². The molecule has 0 radical (unpaired) electrons. The Morgan fingerprint density at radius 2 is 1.71 bits per heavy atom. The molecular formula is C14H25N3O6S. The molecule has 0 fully saturated rings. The number of carboxylic acids is 2. The normalized spacial score (nSPS) is 15.7. The molecular weight excluding hydrogens is 338 g/mol. The zero-order valence-electron chi connectivity index (χ0n) is 13.7. The third-order valence-electron chi connectivity index (χ3n) is 3.59. The third kappa shape index (κ3) is 7.64. The summed E-state index contributed by atoms with van der Waals surface area (Å²) >= 11 is 3.88. The number of carbonyl (C=O) groups excluding carboxylic acids is 2. The number of nitrogens with two attached hydrogens (primary N) is 1. The second-order valence-corrected chi connectivity index (χ2v) is 5.86. The summed E-state index contributed by atoms with van der Waals surface area (Å²) in [6.07, 6.45) is -0.0253. The highest BCUT2D eigenvalue weighted by Gasteiger charge is 2.30. The van der Waals surface area contributed by atoms with Crippen molar-refractivity contribution in [3.05, 3.63) is 0 Å². The highest BCUT2D eigenvalue weighted by atomic mass is 32.1. The SMILES string of the molecule is CC[C@H](C)[C@H](NC(=O)[C@H](CCC(=O)O)NC(=O)[C@@H](N)CS)C(=O)O. The maximum atomic E-state index is 12.3. The number of aliphatic carboxylic acids is 2. The van der Waals surface area contributed by atoms with E-state index < -0.39 is 41.9 Å². The number of nitrogens with one attached hydrogen (secondary N) is 2. The molecule has 138 valence electrons. The summed E-state index contributed by atoms with van der Waals surface area (Å²) in [5.74, 6) is -4.05. The second kappa shape index (κ2) is 10.9. The first-order valence-corrected chi connectivity index (χ1v) is 8.19. The molecule has 0 bridgehead atoms. The van der Waals surface area contributed by atoms with E-state index in [1.165, 1.54) is 0 Å². The summed E-state index contributed by atoms with van der Waals surface area (Å²) in [5, 5.41) is 22.7. The van der Waals surface area contributed by atoms with Crippen molar-refractivity contribution in [3.8, 4) is 0 Å². The lowest BCUT2D eigenvalue weighted by molar-refractivity contribution is -0.144. The molecule has 0 spiro atoms. The minimum absolute atomic E-state index is 0.0454. The fourth-order valence-corrected chi connectivity index (χ4v) is 2.00. The van der Waals surface area contributed by atoms with Crippen LogP contribution in [0.25, 0.3) is 0 Å². The fourth-order valence-electron chi connectivity index (χ4n) is 1.84. The van der Waals surface area contributed by atoms with Crippen LogP contribution in [-0.4, -0.2) is 57.8 Å². The number of hydrogen-bond donors (Lipinski definition) is 6. The maximum Gasteiger partial charge on any atom is 0.326 e. The van der Waals surface area contributed by atoms with Gasteiger partial charge in [-0.25, -0.2) is 4.79 Å². The van der Waals surface area contributed by atoms with Crippen LogP contribution < -0.4 is 16.4 Å². The largest absolute Gasteiger partial charge is 0.481 e. The van der Waals surface area contributed by atoms with Crippen molar-refractivity contribution in [2.24, 2.45) is 11.7 Å². The summed E-state index contributed by atoms with van der Waals surface area (Å²) < 4.78 is 0. The lowest BCUT2D eigenvalue weighted by Gasteiger charge is -2.24. The Kier molecular flexibility index (Phi) is 10.0. The number of hydrogen-bond acceptors (Lipinski definition) is 6. The van der Waals surface area contributed by atoms with Gasteiger partial charge in [0.05, 0.1) is 6.04 Å². The van der Waals surface area contributed by atoms with E-state index in [-0.39, 0.29) is 24.5 Å². The first-order valence-electron chi connectivity index (χ1n) is 7.55. The lowest BCUT2D eigenvalue weighted by Crippen LogP contribution is -2.56. The molecule has 0 aliphatic heterocycles. The predicted octanol–water partition coefficient (Wildman–Crippen LogP) is -0.791. The Morgan fingerprint density at radius 3 is 2.12 bits per heavy atom. The number of amides is 2. The van der Waals surface area contributed by atoms with Gasteiger partial charge in [-0.1, -0.05) is 20.3 Å². The molecule has 0 unspecified atom stereocenters. The van der Waals surface area contributed by atoms with Gasteiger partial charge in [0.1, 0.15) is 12.1 Å². The van der Waals surface area contributed by atoms with E-state index in [0.717, 1.165) is 0 Å². The van der Waals surface area contributed by atoms with E-state index in [0.29, 0.717) is 6.42 Å². The van der Waals surface area contributed by atoms with E-state index in [9.17, 15) is 24.3 Å². The molecule has 9 nitrogen and oxygen atoms in total. The first-order chi connectivity index (χ1) is 11.1. The number of carbonyl (C=O) groups is 4. The van der Waals surface area contributed by atoms with Gasteiger partial charge in [-0.05, 0) is 12.3 Å². The van der Waals surface area contributed by atoms with Crippen molar-refractivity contribution in [2.75, 3.05) is 5.75 Å². The average Bonchev–Trinajstić information content (AvgIpc) is 2.53. The van der Waals surface area contributed by atoms with Crippen molar-refractivity contribution in [1.29, 1.82) is 0 Å². The molecule has 0 aliphatic carbocycles. The monoisotopic (exact) mass is 363 g/mol. The predicted molar refractivity (Wildman–Crippen MR) is 89.7 cm³/mol. The van der Waals surface area contributed by atoms with E-state index in [2.05, 4.69) is 23.3 Å². The van der Waals surface area contributed by atoms with E-state index in [4.69, 9.17) is 10.8 Å².